The van der Waals surface area contributed by atoms with E-state index < -0.39 is 61.5 Å². The van der Waals surface area contributed by atoms with E-state index in [0.717, 1.165) is 16.1 Å². The Morgan fingerprint density at radius 1 is 1.00 bits per heavy atom. The Morgan fingerprint density at radius 3 is 2.30 bits per heavy atom. The second-order valence-corrected chi connectivity index (χ2v) is 15.2. The van der Waals surface area contributed by atoms with E-state index in [1.807, 2.05) is 44.2 Å². The number of fused-ring (bicyclic) bond motifs is 1. The van der Waals surface area contributed by atoms with E-state index in [2.05, 4.69) is 10.6 Å². The van der Waals surface area contributed by atoms with Crippen LogP contribution in [0.2, 0.25) is 0 Å². The fraction of sp³-hybridized carbons (Fsp3) is 0.500. The predicted molar refractivity (Wildman–Crippen MR) is 161 cm³/mol. The summed E-state index contributed by atoms with van der Waals surface area (Å²) in [6.07, 6.45) is 0.114. The lowest BCUT2D eigenvalue weighted by molar-refractivity contribution is -0.128. The van der Waals surface area contributed by atoms with Crippen molar-refractivity contribution in [2.75, 3.05) is 37.8 Å². The third-order valence-electron chi connectivity index (χ3n) is 6.56. The van der Waals surface area contributed by atoms with Crippen LogP contribution >= 0.6 is 11.6 Å². The number of nitrogens with one attached hydrogen (secondary N) is 2. The van der Waals surface area contributed by atoms with Gasteiger partial charge in [-0.2, -0.15) is 4.31 Å². The van der Waals surface area contributed by atoms with E-state index in [0.29, 0.717) is 12.2 Å². The first-order valence-corrected chi connectivity index (χ1v) is 17.7. The molecule has 43 heavy (non-hydrogen) atoms. The monoisotopic (exact) mass is 659 g/mol. The van der Waals surface area contributed by atoms with Crippen molar-refractivity contribution in [1.29, 1.82) is 0 Å². The Morgan fingerprint density at radius 2 is 1.67 bits per heavy atom. The van der Waals surface area contributed by atoms with Crippen LogP contribution in [0.25, 0.3) is 0 Å². The highest BCUT2D eigenvalue weighted by atomic mass is 35.5. The molecule has 0 saturated carbocycles. The lowest BCUT2D eigenvalue weighted by Crippen LogP contribution is -2.56. The second-order valence-electron chi connectivity index (χ2n) is 10.8. The largest absolute Gasteiger partial charge is 0.454 e. The number of benzene rings is 2. The average molecular weight is 660 g/mol. The van der Waals surface area contributed by atoms with Gasteiger partial charge in [-0.15, -0.1) is 11.6 Å². The summed E-state index contributed by atoms with van der Waals surface area (Å²) in [4.78, 5) is 25.2. The summed E-state index contributed by atoms with van der Waals surface area (Å²) in [7, 11) is -7.84. The summed E-state index contributed by atoms with van der Waals surface area (Å²) >= 11 is 5.56. The van der Waals surface area contributed by atoms with Gasteiger partial charge < -0.3 is 25.2 Å². The Balaban J connectivity index is 1.89. The van der Waals surface area contributed by atoms with E-state index in [-0.39, 0.29) is 42.9 Å². The standard InChI is InChI=1S/C28H38ClN3O9S2/c1-19(2)15-32(43(38,39)21-10-12-25-26(13-21)41-18-40-25)16-24(33)22(11-9-20-7-5-4-6-8-20)31-28(35)23(17-42(3,36)37)30-27(34)14-29/h4-8,10,12-13,19,22-24,33H,9,11,14-18H2,1-3H3,(H,30,34)(H,31,35)/t22-,23-,24+/m0/s1. The molecule has 15 heteroatoms. The van der Waals surface area contributed by atoms with Gasteiger partial charge in [0.15, 0.2) is 11.5 Å². The summed E-state index contributed by atoms with van der Waals surface area (Å²) in [5.41, 5.74) is 0.907. The Hall–Kier alpha value is -2.91. The van der Waals surface area contributed by atoms with E-state index in [4.69, 9.17) is 21.1 Å². The third-order valence-corrected chi connectivity index (χ3v) is 9.57. The van der Waals surface area contributed by atoms with Crippen LogP contribution in [-0.2, 0) is 35.9 Å². The molecule has 0 unspecified atom stereocenters. The summed E-state index contributed by atoms with van der Waals surface area (Å²) in [6, 6.07) is 11.0. The van der Waals surface area contributed by atoms with Crippen molar-refractivity contribution in [3.8, 4) is 11.5 Å². The smallest absolute Gasteiger partial charge is 0.243 e. The van der Waals surface area contributed by atoms with Gasteiger partial charge in [-0.1, -0.05) is 44.2 Å². The van der Waals surface area contributed by atoms with E-state index in [1.54, 1.807) is 0 Å². The van der Waals surface area contributed by atoms with Crippen molar-refractivity contribution >= 4 is 43.3 Å². The van der Waals surface area contributed by atoms with Crippen LogP contribution in [0.3, 0.4) is 0 Å². The molecule has 0 fully saturated rings. The molecular formula is C28H38ClN3O9S2. The molecular weight excluding hydrogens is 622 g/mol. The van der Waals surface area contributed by atoms with E-state index in [9.17, 15) is 31.5 Å². The van der Waals surface area contributed by atoms with E-state index in [1.165, 1.54) is 18.2 Å². The zero-order valence-corrected chi connectivity index (χ0v) is 26.6. The highest BCUT2D eigenvalue weighted by molar-refractivity contribution is 7.90. The molecule has 1 aliphatic rings. The van der Waals surface area contributed by atoms with Crippen LogP contribution in [0.1, 0.15) is 25.8 Å². The van der Waals surface area contributed by atoms with Gasteiger partial charge in [-0.3, -0.25) is 9.59 Å². The number of alkyl halides is 1. The first-order chi connectivity index (χ1) is 20.2. The van der Waals surface area contributed by atoms with Gasteiger partial charge in [-0.25, -0.2) is 16.8 Å². The normalized spacial score (nSPS) is 15.2. The first-order valence-electron chi connectivity index (χ1n) is 13.6. The zero-order chi connectivity index (χ0) is 31.8. The molecule has 3 rings (SSSR count). The Kier molecular flexibility index (Phi) is 12.2. The quantitative estimate of drug-likeness (QED) is 0.225. The number of aliphatic hydroxyl groups is 1. The van der Waals surface area contributed by atoms with Crippen LogP contribution in [0, 0.1) is 5.92 Å². The predicted octanol–water partition coefficient (Wildman–Crippen LogP) is 1.31. The van der Waals surface area contributed by atoms with Crippen molar-refractivity contribution in [2.24, 2.45) is 5.92 Å². The molecule has 12 nitrogen and oxygen atoms in total. The summed E-state index contributed by atoms with van der Waals surface area (Å²) < 4.78 is 63.3. The minimum Gasteiger partial charge on any atom is -0.454 e. The fourth-order valence-corrected chi connectivity index (χ4v) is 7.08. The SMILES string of the molecule is CC(C)CN(C[C@@H](O)[C@H](CCc1ccccc1)NC(=O)[C@H](CS(C)(=O)=O)NC(=O)CCl)S(=O)(=O)c1ccc2c(c1)OCO2. The number of nitrogens with zero attached hydrogens (tertiary/aromatic N) is 1. The maximum Gasteiger partial charge on any atom is 0.243 e. The first kappa shape index (κ1) is 34.6. The number of sulfonamides is 1. The molecule has 238 valence electrons. The van der Waals surface area contributed by atoms with Gasteiger partial charge in [0.2, 0.25) is 28.6 Å². The Labute approximate surface area is 257 Å². The topological polar surface area (TPSA) is 168 Å². The minimum absolute atomic E-state index is 0.0261. The average Bonchev–Trinajstić information content (AvgIpc) is 3.42. The molecule has 1 heterocycles. The van der Waals surface area contributed by atoms with Gasteiger partial charge in [0.05, 0.1) is 22.8 Å². The maximum absolute atomic E-state index is 13.8. The van der Waals surface area contributed by atoms with Gasteiger partial charge >= 0.3 is 0 Å². The van der Waals surface area contributed by atoms with Crippen LogP contribution in [-0.4, -0.2) is 94.0 Å². The van der Waals surface area contributed by atoms with Gasteiger partial charge in [0.1, 0.15) is 21.8 Å². The molecule has 0 aliphatic carbocycles. The molecule has 0 bridgehead atoms. The molecule has 0 saturated heterocycles. The lowest BCUT2D eigenvalue weighted by Gasteiger charge is -2.31. The number of halogens is 1. The van der Waals surface area contributed by atoms with Crippen molar-refractivity contribution in [3.05, 3.63) is 54.1 Å². The molecule has 0 radical (unpaired) electrons. The molecule has 0 spiro atoms. The van der Waals surface area contributed by atoms with Crippen LogP contribution in [0.5, 0.6) is 11.5 Å². The number of rotatable bonds is 16. The number of aliphatic hydroxyl groups excluding tert-OH is 1. The van der Waals surface area contributed by atoms with Gasteiger partial charge in [-0.05, 0) is 36.5 Å². The summed E-state index contributed by atoms with van der Waals surface area (Å²) in [5.74, 6) is -2.19. The second kappa shape index (κ2) is 15.2. The van der Waals surface area contributed by atoms with Crippen molar-refractivity contribution in [3.63, 3.8) is 0 Å². The molecule has 3 N–H and O–H groups in total. The number of carbonyl (C=O) groups is 2. The van der Waals surface area contributed by atoms with Gasteiger partial charge in [0, 0.05) is 25.4 Å². The number of hydrogen-bond donors (Lipinski definition) is 3. The number of aryl methyl sites for hydroxylation is 1. The minimum atomic E-state index is -4.13. The number of amides is 2. The molecule has 2 amide bonds. The van der Waals surface area contributed by atoms with Gasteiger partial charge in [0.25, 0.3) is 0 Å². The van der Waals surface area contributed by atoms with Crippen molar-refractivity contribution < 1.29 is 41.0 Å². The lowest BCUT2D eigenvalue weighted by atomic mass is 10.0. The summed E-state index contributed by atoms with van der Waals surface area (Å²) in [6.45, 7) is 3.33. The van der Waals surface area contributed by atoms with Crippen molar-refractivity contribution in [2.45, 2.75) is 49.8 Å². The number of sulfone groups is 1. The Bertz CT molecular complexity index is 1470. The highest BCUT2D eigenvalue weighted by Crippen LogP contribution is 2.35. The molecule has 2 aromatic rings. The highest BCUT2D eigenvalue weighted by Gasteiger charge is 2.34. The fourth-order valence-electron chi connectivity index (χ4n) is 4.53. The van der Waals surface area contributed by atoms with E-state index >= 15 is 0 Å². The number of hydrogen-bond acceptors (Lipinski definition) is 9. The van der Waals surface area contributed by atoms with Crippen LogP contribution < -0.4 is 20.1 Å². The van der Waals surface area contributed by atoms with Crippen LogP contribution in [0.15, 0.2) is 53.4 Å². The molecule has 3 atom stereocenters. The number of carbonyl (C=O) groups excluding carboxylic acids is 2. The van der Waals surface area contributed by atoms with Crippen LogP contribution in [0.4, 0.5) is 0 Å². The number of ether oxygens (including phenoxy) is 2. The molecule has 1 aliphatic heterocycles. The van der Waals surface area contributed by atoms with Crippen molar-refractivity contribution in [1.82, 2.24) is 14.9 Å². The molecule has 2 aromatic carbocycles. The zero-order valence-electron chi connectivity index (χ0n) is 24.2. The maximum atomic E-state index is 13.8. The molecule has 0 aromatic heterocycles. The third kappa shape index (κ3) is 10.3. The summed E-state index contributed by atoms with van der Waals surface area (Å²) in [5, 5.41) is 16.4.